The van der Waals surface area contributed by atoms with Crippen LogP contribution in [-0.2, 0) is 11.3 Å². The predicted molar refractivity (Wildman–Crippen MR) is 172 cm³/mol. The molecule has 5 rings (SSSR count). The average Bonchev–Trinajstić information content (AvgIpc) is 3.71. The van der Waals surface area contributed by atoms with Gasteiger partial charge in [-0.15, -0.1) is 11.3 Å². The van der Waals surface area contributed by atoms with E-state index in [1.807, 2.05) is 24.3 Å². The molecule has 0 saturated heterocycles. The first-order chi connectivity index (χ1) is 19.6. The minimum atomic E-state index is -0.197. The monoisotopic (exact) mass is 589 g/mol. The number of anilines is 1. The molecule has 3 aromatic heterocycles. The zero-order valence-corrected chi connectivity index (χ0v) is 25.0. The molecule has 0 spiro atoms. The van der Waals surface area contributed by atoms with Crippen molar-refractivity contribution in [2.45, 2.75) is 85.5 Å². The summed E-state index contributed by atoms with van der Waals surface area (Å²) in [5.74, 6) is 0.951. The smallest absolute Gasteiger partial charge is 0.268 e. The number of hydrogen-bond donors (Lipinski definition) is 3. The zero-order valence-electron chi connectivity index (χ0n) is 24.2. The average molecular weight is 590 g/mol. The molecular formula is C33H43N5O3S. The fourth-order valence-electron chi connectivity index (χ4n) is 5.20. The Kier molecular flexibility index (Phi) is 9.74. The molecule has 4 aromatic rings. The summed E-state index contributed by atoms with van der Waals surface area (Å²) in [6.45, 7) is 13.2. The summed E-state index contributed by atoms with van der Waals surface area (Å²) in [5, 5.41) is 9.77. The van der Waals surface area contributed by atoms with Crippen LogP contribution < -0.4 is 16.0 Å². The Bertz CT molecular complexity index is 1520. The van der Waals surface area contributed by atoms with Crippen LogP contribution in [0.25, 0.3) is 21.7 Å². The summed E-state index contributed by atoms with van der Waals surface area (Å²) in [6, 6.07) is 14.4. The van der Waals surface area contributed by atoms with Crippen LogP contribution in [0, 0.1) is 5.41 Å². The zero-order chi connectivity index (χ0) is 29.1. The van der Waals surface area contributed by atoms with E-state index in [1.54, 1.807) is 6.26 Å². The molecule has 8 nitrogen and oxygen atoms in total. The minimum Gasteiger partial charge on any atom is -0.464 e. The Hall–Kier alpha value is -3.69. The number of fused-ring (bicyclic) bond motifs is 1. The van der Waals surface area contributed by atoms with Crippen LogP contribution in [-0.4, -0.2) is 33.4 Å². The number of nitrogens with one attached hydrogen (secondary N) is 3. The van der Waals surface area contributed by atoms with Gasteiger partial charge in [-0.2, -0.15) is 0 Å². The third-order valence-corrected chi connectivity index (χ3v) is 9.18. The number of imidazole rings is 1. The van der Waals surface area contributed by atoms with Crippen molar-refractivity contribution in [2.24, 2.45) is 5.41 Å². The number of aromatic nitrogens is 2. The largest absolute Gasteiger partial charge is 0.464 e. The summed E-state index contributed by atoms with van der Waals surface area (Å²) >= 11 is 1.39. The maximum atomic E-state index is 13.4. The van der Waals surface area contributed by atoms with Gasteiger partial charge >= 0.3 is 0 Å². The van der Waals surface area contributed by atoms with Crippen molar-refractivity contribution >= 4 is 40.1 Å². The third kappa shape index (κ3) is 7.02. The molecule has 9 heteroatoms. The molecule has 1 aromatic carbocycles. The second-order valence-electron chi connectivity index (χ2n) is 11.9. The molecule has 0 bridgehead atoms. The first kappa shape index (κ1) is 31.3. The van der Waals surface area contributed by atoms with Gasteiger partial charge in [-0.1, -0.05) is 40.8 Å². The Labute approximate surface area is 252 Å². The number of furan rings is 1. The number of nitrogens with zero attached hydrogens (tertiary/aromatic N) is 2. The summed E-state index contributed by atoms with van der Waals surface area (Å²) in [5.41, 5.74) is 3.15. The van der Waals surface area contributed by atoms with E-state index in [-0.39, 0.29) is 36.7 Å². The van der Waals surface area contributed by atoms with E-state index in [0.29, 0.717) is 16.9 Å². The van der Waals surface area contributed by atoms with Crippen LogP contribution in [0.2, 0.25) is 0 Å². The molecule has 1 atom stereocenters. The molecule has 1 saturated carbocycles. The van der Waals surface area contributed by atoms with Crippen LogP contribution in [0.3, 0.4) is 0 Å². The lowest BCUT2D eigenvalue weighted by Crippen LogP contribution is -2.37. The van der Waals surface area contributed by atoms with Crippen molar-refractivity contribution < 1.29 is 14.0 Å². The highest BCUT2D eigenvalue weighted by atomic mass is 32.1. The van der Waals surface area contributed by atoms with Gasteiger partial charge in [0.05, 0.1) is 27.1 Å². The molecule has 0 radical (unpaired) electrons. The Morgan fingerprint density at radius 1 is 1.17 bits per heavy atom. The quantitative estimate of drug-likeness (QED) is 0.175. The van der Waals surface area contributed by atoms with Crippen LogP contribution in [0.5, 0.6) is 0 Å². The lowest BCUT2D eigenvalue weighted by Gasteiger charge is -2.31. The second kappa shape index (κ2) is 13.1. The molecule has 1 aliphatic carbocycles. The topological polar surface area (TPSA) is 101 Å². The molecule has 0 unspecified atom stereocenters. The molecule has 2 amide bonds. The Morgan fingerprint density at radius 3 is 2.60 bits per heavy atom. The van der Waals surface area contributed by atoms with E-state index in [9.17, 15) is 9.59 Å². The molecule has 0 aliphatic heterocycles. The summed E-state index contributed by atoms with van der Waals surface area (Å²) < 4.78 is 7.67. The van der Waals surface area contributed by atoms with E-state index < -0.39 is 0 Å². The highest BCUT2D eigenvalue weighted by Gasteiger charge is 2.28. The highest BCUT2D eigenvalue weighted by molar-refractivity contribution is 7.17. The fourth-order valence-corrected chi connectivity index (χ4v) is 6.07. The summed E-state index contributed by atoms with van der Waals surface area (Å²) in [7, 11) is 0. The van der Waals surface area contributed by atoms with Gasteiger partial charge in [0.2, 0.25) is 11.9 Å². The van der Waals surface area contributed by atoms with Crippen molar-refractivity contribution in [1.82, 2.24) is 20.2 Å². The highest BCUT2D eigenvalue weighted by Crippen LogP contribution is 2.36. The van der Waals surface area contributed by atoms with Crippen molar-refractivity contribution in [3.05, 3.63) is 71.8 Å². The predicted octanol–water partition coefficient (Wildman–Crippen LogP) is 7.56. The molecule has 1 fully saturated rings. The summed E-state index contributed by atoms with van der Waals surface area (Å²) in [4.78, 5) is 31.7. The van der Waals surface area contributed by atoms with Crippen LogP contribution in [0.1, 0.15) is 82.1 Å². The number of benzene rings is 1. The van der Waals surface area contributed by atoms with E-state index in [2.05, 4.69) is 73.0 Å². The van der Waals surface area contributed by atoms with Gasteiger partial charge in [0.1, 0.15) is 5.76 Å². The number of thiophene rings is 1. The van der Waals surface area contributed by atoms with E-state index in [1.165, 1.54) is 17.4 Å². The van der Waals surface area contributed by atoms with Crippen molar-refractivity contribution in [3.8, 4) is 10.6 Å². The number of carbonyl (C=O) groups excluding carboxylic acids is 2. The lowest BCUT2D eigenvalue weighted by molar-refractivity contribution is -0.117. The van der Waals surface area contributed by atoms with Crippen LogP contribution >= 0.6 is 11.3 Å². The third-order valence-electron chi connectivity index (χ3n) is 8.08. The van der Waals surface area contributed by atoms with Crippen molar-refractivity contribution in [2.75, 3.05) is 5.32 Å². The molecule has 3 N–H and O–H groups in total. The fraction of sp³-hybridized carbons (Fsp3) is 0.424. The normalized spacial score (nSPS) is 17.8. The van der Waals surface area contributed by atoms with Gasteiger partial charge in [-0.05, 0) is 86.1 Å². The van der Waals surface area contributed by atoms with Gasteiger partial charge in [0.25, 0.3) is 5.91 Å². The van der Waals surface area contributed by atoms with E-state index in [0.717, 1.165) is 59.5 Å². The summed E-state index contributed by atoms with van der Waals surface area (Å²) in [6.07, 6.45) is 6.37. The number of amides is 2. The maximum absolute atomic E-state index is 13.4. The number of carbonyl (C=O) groups is 2. The Morgan fingerprint density at radius 2 is 1.93 bits per heavy atom. The van der Waals surface area contributed by atoms with Crippen LogP contribution in [0.4, 0.5) is 5.95 Å². The molecule has 224 valence electrons. The van der Waals surface area contributed by atoms with Crippen molar-refractivity contribution in [1.29, 1.82) is 0 Å². The van der Waals surface area contributed by atoms with Gasteiger partial charge < -0.3 is 19.6 Å². The SMILES string of the molecule is C.C=CC(=O)NC1CCC(n2c(NC(=O)c3ccc(-c4ccco4)s3)nc3cc(CN[C@@H](C)C(C)(C)C)ccc32)CC1. The number of rotatable bonds is 9. The second-order valence-corrected chi connectivity index (χ2v) is 13.0. The number of hydrogen-bond acceptors (Lipinski definition) is 6. The first-order valence-corrected chi connectivity index (χ1v) is 15.1. The lowest BCUT2D eigenvalue weighted by atomic mass is 9.88. The van der Waals surface area contributed by atoms with Gasteiger partial charge in [0.15, 0.2) is 0 Å². The van der Waals surface area contributed by atoms with Gasteiger partial charge in [-0.3, -0.25) is 14.9 Å². The van der Waals surface area contributed by atoms with Crippen molar-refractivity contribution in [3.63, 3.8) is 0 Å². The molecular weight excluding hydrogens is 546 g/mol. The maximum Gasteiger partial charge on any atom is 0.268 e. The van der Waals surface area contributed by atoms with Crippen LogP contribution in [0.15, 0.2) is 65.8 Å². The molecule has 42 heavy (non-hydrogen) atoms. The van der Waals surface area contributed by atoms with Gasteiger partial charge in [-0.25, -0.2) is 4.98 Å². The first-order valence-electron chi connectivity index (χ1n) is 14.2. The van der Waals surface area contributed by atoms with Gasteiger partial charge in [0, 0.05) is 24.7 Å². The molecule has 1 aliphatic rings. The van der Waals surface area contributed by atoms with E-state index >= 15 is 0 Å². The van der Waals surface area contributed by atoms with E-state index in [4.69, 9.17) is 9.40 Å². The minimum absolute atomic E-state index is 0. The Balaban J connectivity index is 0.00000405. The standard InChI is InChI=1S/C32H39N5O3S.CH4/c1-6-29(38)34-22-10-12-23(13-11-22)37-25-14-9-21(19-33-20(2)32(3,4)5)18-24(25)35-31(37)36-30(39)28-16-15-27(41-28)26-8-7-17-40-26;/h6-9,14-18,20,22-23,33H,1,10-13,19H2,2-5H3,(H,34,38)(H,35,36,39);1H4/t20-,22?,23?;/m0./s1. The molecule has 3 heterocycles.